The Balaban J connectivity index is 1.51. The van der Waals surface area contributed by atoms with Gasteiger partial charge in [-0.2, -0.15) is 5.26 Å². The van der Waals surface area contributed by atoms with Gasteiger partial charge in [-0.05, 0) is 41.5 Å². The number of rotatable bonds is 2. The molecule has 7 heteroatoms. The van der Waals surface area contributed by atoms with Crippen LogP contribution < -0.4 is 15.5 Å². The lowest BCUT2D eigenvalue weighted by atomic mass is 10.1. The van der Waals surface area contributed by atoms with Crippen molar-refractivity contribution in [2.45, 2.75) is 6.54 Å². The van der Waals surface area contributed by atoms with Crippen LogP contribution in [0.1, 0.15) is 21.6 Å². The SMILES string of the molecule is N#Cc1ccc(-c2cc3n(c2)Cc2cc(N4CCNCC4)c(F)cc2NC3=O)cc1. The van der Waals surface area contributed by atoms with Gasteiger partial charge in [-0.1, -0.05) is 12.1 Å². The van der Waals surface area contributed by atoms with Gasteiger partial charge in [-0.3, -0.25) is 4.79 Å². The summed E-state index contributed by atoms with van der Waals surface area (Å²) in [4.78, 5) is 14.8. The Bertz CT molecular complexity index is 1170. The van der Waals surface area contributed by atoms with Crippen molar-refractivity contribution in [1.29, 1.82) is 5.26 Å². The molecule has 0 unspecified atom stereocenters. The largest absolute Gasteiger partial charge is 0.367 e. The van der Waals surface area contributed by atoms with Crippen LogP contribution in [-0.2, 0) is 6.54 Å². The van der Waals surface area contributed by atoms with Gasteiger partial charge in [0, 0.05) is 50.2 Å². The number of hydrogen-bond donors (Lipinski definition) is 2. The number of amides is 1. The van der Waals surface area contributed by atoms with Crippen molar-refractivity contribution in [1.82, 2.24) is 9.88 Å². The summed E-state index contributed by atoms with van der Waals surface area (Å²) in [6.07, 6.45) is 1.93. The van der Waals surface area contributed by atoms with Gasteiger partial charge in [-0.25, -0.2) is 4.39 Å². The molecule has 1 aromatic heterocycles. The van der Waals surface area contributed by atoms with E-state index in [4.69, 9.17) is 5.26 Å². The van der Waals surface area contributed by atoms with Crippen LogP contribution in [0.2, 0.25) is 0 Å². The standard InChI is InChI=1S/C23H20FN5O/c24-19-11-20-18(10-21(19)28-7-5-26-6-8-28)14-29-13-17(9-22(29)23(30)27-20)16-3-1-15(12-25)2-4-16/h1-4,9-11,13,26H,5-8,14H2,(H,27,30). The van der Waals surface area contributed by atoms with Gasteiger partial charge in [-0.15, -0.1) is 0 Å². The number of hydrogen-bond acceptors (Lipinski definition) is 4. The van der Waals surface area contributed by atoms with Crippen molar-refractivity contribution < 1.29 is 9.18 Å². The average molecular weight is 401 g/mol. The maximum Gasteiger partial charge on any atom is 0.272 e. The highest BCUT2D eigenvalue weighted by Crippen LogP contribution is 2.32. The van der Waals surface area contributed by atoms with E-state index in [1.165, 1.54) is 6.07 Å². The van der Waals surface area contributed by atoms with Crippen molar-refractivity contribution in [3.8, 4) is 17.2 Å². The molecule has 2 N–H and O–H groups in total. The highest BCUT2D eigenvalue weighted by molar-refractivity contribution is 6.05. The number of carbonyl (C=O) groups excluding carboxylic acids is 1. The fourth-order valence-corrected chi connectivity index (χ4v) is 4.10. The van der Waals surface area contributed by atoms with Crippen LogP contribution in [0.5, 0.6) is 0 Å². The Morgan fingerprint density at radius 3 is 2.53 bits per heavy atom. The molecular weight excluding hydrogens is 381 g/mol. The minimum atomic E-state index is -0.319. The van der Waals surface area contributed by atoms with Gasteiger partial charge in [0.25, 0.3) is 5.91 Å². The molecule has 0 saturated carbocycles. The van der Waals surface area contributed by atoms with Crippen LogP contribution in [0.25, 0.3) is 11.1 Å². The van der Waals surface area contributed by atoms with Crippen LogP contribution in [-0.4, -0.2) is 36.7 Å². The number of halogens is 1. The van der Waals surface area contributed by atoms with Crippen LogP contribution >= 0.6 is 0 Å². The average Bonchev–Trinajstić information content (AvgIpc) is 3.15. The van der Waals surface area contributed by atoms with Gasteiger partial charge < -0.3 is 20.1 Å². The molecule has 30 heavy (non-hydrogen) atoms. The van der Waals surface area contributed by atoms with E-state index in [1.54, 1.807) is 12.1 Å². The summed E-state index contributed by atoms with van der Waals surface area (Å²) in [5, 5.41) is 15.1. The first-order valence-corrected chi connectivity index (χ1v) is 9.92. The number of carbonyl (C=O) groups is 1. The lowest BCUT2D eigenvalue weighted by molar-refractivity contribution is 0.102. The minimum Gasteiger partial charge on any atom is -0.367 e. The molecule has 0 spiro atoms. The molecule has 3 aromatic rings. The zero-order valence-electron chi connectivity index (χ0n) is 16.3. The summed E-state index contributed by atoms with van der Waals surface area (Å²) < 4.78 is 16.7. The normalized spacial score (nSPS) is 15.6. The van der Waals surface area contributed by atoms with Crippen LogP contribution in [0.15, 0.2) is 48.7 Å². The summed E-state index contributed by atoms with van der Waals surface area (Å²) in [6.45, 7) is 3.62. The highest BCUT2D eigenvalue weighted by Gasteiger charge is 2.24. The molecule has 1 fully saturated rings. The molecule has 3 heterocycles. The molecule has 1 saturated heterocycles. The summed E-state index contributed by atoms with van der Waals surface area (Å²) in [6, 6.07) is 14.5. The van der Waals surface area contributed by atoms with E-state index in [1.807, 2.05) is 39.9 Å². The van der Waals surface area contributed by atoms with Crippen molar-refractivity contribution in [2.75, 3.05) is 36.4 Å². The van der Waals surface area contributed by atoms with Crippen LogP contribution in [0.3, 0.4) is 0 Å². The number of aromatic nitrogens is 1. The third kappa shape index (κ3) is 3.21. The molecule has 1 amide bonds. The fourth-order valence-electron chi connectivity index (χ4n) is 4.10. The molecule has 5 rings (SSSR count). The third-order valence-electron chi connectivity index (χ3n) is 5.70. The second-order valence-corrected chi connectivity index (χ2v) is 7.58. The van der Waals surface area contributed by atoms with E-state index in [-0.39, 0.29) is 11.7 Å². The van der Waals surface area contributed by atoms with Gasteiger partial charge in [0.2, 0.25) is 0 Å². The topological polar surface area (TPSA) is 73.1 Å². The summed E-state index contributed by atoms with van der Waals surface area (Å²) >= 11 is 0. The van der Waals surface area contributed by atoms with E-state index in [2.05, 4.69) is 16.7 Å². The predicted molar refractivity (Wildman–Crippen MR) is 113 cm³/mol. The Morgan fingerprint density at radius 1 is 1.03 bits per heavy atom. The molecule has 0 bridgehead atoms. The summed E-state index contributed by atoms with van der Waals surface area (Å²) in [5.41, 5.74) is 4.91. The molecule has 0 atom stereocenters. The maximum absolute atomic E-state index is 14.8. The van der Waals surface area contributed by atoms with Crippen molar-refractivity contribution in [2.24, 2.45) is 0 Å². The highest BCUT2D eigenvalue weighted by atomic mass is 19.1. The van der Waals surface area contributed by atoms with E-state index in [9.17, 15) is 9.18 Å². The molecule has 150 valence electrons. The van der Waals surface area contributed by atoms with Gasteiger partial charge in [0.15, 0.2) is 0 Å². The molecular formula is C23H20FN5O. The zero-order chi connectivity index (χ0) is 20.7. The number of anilines is 2. The number of piperazine rings is 1. The Hall–Kier alpha value is -3.63. The number of benzene rings is 2. The molecule has 2 aliphatic heterocycles. The van der Waals surface area contributed by atoms with E-state index in [0.29, 0.717) is 29.2 Å². The van der Waals surface area contributed by atoms with Crippen LogP contribution in [0.4, 0.5) is 15.8 Å². The van der Waals surface area contributed by atoms with Crippen LogP contribution in [0, 0.1) is 17.1 Å². The zero-order valence-corrected chi connectivity index (χ0v) is 16.3. The Morgan fingerprint density at radius 2 is 1.80 bits per heavy atom. The van der Waals surface area contributed by atoms with Crippen molar-refractivity contribution in [3.63, 3.8) is 0 Å². The fraction of sp³-hybridized carbons (Fsp3) is 0.217. The van der Waals surface area contributed by atoms with E-state index in [0.717, 1.165) is 42.9 Å². The number of nitrogens with one attached hydrogen (secondary N) is 2. The van der Waals surface area contributed by atoms with E-state index >= 15 is 0 Å². The Kier molecular flexibility index (Phi) is 4.49. The lowest BCUT2D eigenvalue weighted by Crippen LogP contribution is -2.43. The van der Waals surface area contributed by atoms with Gasteiger partial charge in [0.1, 0.15) is 11.5 Å². The molecule has 0 radical (unpaired) electrons. The lowest BCUT2D eigenvalue weighted by Gasteiger charge is -2.30. The first-order valence-electron chi connectivity index (χ1n) is 9.92. The quantitative estimate of drug-likeness (QED) is 0.692. The van der Waals surface area contributed by atoms with Gasteiger partial charge >= 0.3 is 0 Å². The maximum atomic E-state index is 14.8. The summed E-state index contributed by atoms with van der Waals surface area (Å²) in [5.74, 6) is -0.580. The predicted octanol–water partition coefficient (Wildman–Crippen LogP) is 3.19. The number of nitriles is 1. The minimum absolute atomic E-state index is 0.261. The third-order valence-corrected chi connectivity index (χ3v) is 5.70. The van der Waals surface area contributed by atoms with Gasteiger partial charge in [0.05, 0.1) is 17.3 Å². The molecule has 2 aromatic carbocycles. The first-order chi connectivity index (χ1) is 14.6. The van der Waals surface area contributed by atoms with E-state index < -0.39 is 0 Å². The first kappa shape index (κ1) is 18.4. The molecule has 0 aliphatic carbocycles. The number of fused-ring (bicyclic) bond motifs is 2. The van der Waals surface area contributed by atoms with Crippen molar-refractivity contribution in [3.05, 3.63) is 71.3 Å². The van der Waals surface area contributed by atoms with Crippen molar-refractivity contribution >= 4 is 17.3 Å². The molecule has 6 nitrogen and oxygen atoms in total. The Labute approximate surface area is 173 Å². The second-order valence-electron chi connectivity index (χ2n) is 7.58. The molecule has 2 aliphatic rings. The summed E-state index contributed by atoms with van der Waals surface area (Å²) in [7, 11) is 0. The monoisotopic (exact) mass is 401 g/mol. The smallest absolute Gasteiger partial charge is 0.272 e. The second kappa shape index (κ2) is 7.32. The number of nitrogens with zero attached hydrogens (tertiary/aromatic N) is 3.